The van der Waals surface area contributed by atoms with Crippen LogP contribution in [-0.4, -0.2) is 10.7 Å². The van der Waals surface area contributed by atoms with Crippen molar-refractivity contribution in [3.63, 3.8) is 0 Å². The fourth-order valence-electron chi connectivity index (χ4n) is 3.04. The molecule has 2 saturated carbocycles. The summed E-state index contributed by atoms with van der Waals surface area (Å²) in [5.41, 5.74) is -0.241. The molecule has 13 heavy (non-hydrogen) atoms. The molecular formula is C11H22OS. The molecule has 0 saturated heterocycles. The van der Waals surface area contributed by atoms with Crippen LogP contribution in [0.1, 0.15) is 57.8 Å². The van der Waals surface area contributed by atoms with E-state index in [2.05, 4.69) is 0 Å². The van der Waals surface area contributed by atoms with Crippen LogP contribution in [-0.2, 0) is 0 Å². The minimum Gasteiger partial charge on any atom is -0.390 e. The maximum atomic E-state index is 10.4. The van der Waals surface area contributed by atoms with Crippen molar-refractivity contribution in [2.24, 2.45) is 5.92 Å². The molecule has 0 aromatic rings. The van der Waals surface area contributed by atoms with E-state index in [4.69, 9.17) is 0 Å². The van der Waals surface area contributed by atoms with Crippen LogP contribution in [0.2, 0.25) is 0 Å². The van der Waals surface area contributed by atoms with Crippen LogP contribution in [0.4, 0.5) is 0 Å². The van der Waals surface area contributed by atoms with Crippen molar-refractivity contribution >= 4 is 13.5 Å². The second-order valence-electron chi connectivity index (χ2n) is 4.65. The van der Waals surface area contributed by atoms with Gasteiger partial charge in [0, 0.05) is 0 Å². The Morgan fingerprint density at radius 1 is 0.846 bits per heavy atom. The molecule has 0 atom stereocenters. The highest BCUT2D eigenvalue weighted by atomic mass is 32.1. The van der Waals surface area contributed by atoms with Crippen molar-refractivity contribution in [2.45, 2.75) is 63.4 Å². The predicted octanol–water partition coefficient (Wildman–Crippen LogP) is 2.98. The highest BCUT2D eigenvalue weighted by Crippen LogP contribution is 2.42. The number of aliphatic hydroxyl groups is 1. The summed E-state index contributed by atoms with van der Waals surface area (Å²) in [4.78, 5) is 0. The van der Waals surface area contributed by atoms with Crippen LogP contribution in [0.25, 0.3) is 0 Å². The molecule has 0 aromatic carbocycles. The zero-order valence-corrected chi connectivity index (χ0v) is 9.39. The topological polar surface area (TPSA) is 20.2 Å². The normalized spacial score (nSPS) is 28.4. The standard InChI is InChI=1S/C11H20O.H2S/c12-11(8-4-1-5-9-11)10-6-2-3-7-10;/h10,12H,1-9H2;1H2. The Kier molecular flexibility index (Phi) is 4.11. The molecule has 0 aliphatic heterocycles. The van der Waals surface area contributed by atoms with E-state index in [1.165, 1.54) is 44.9 Å². The fraction of sp³-hybridized carbons (Fsp3) is 1.00. The summed E-state index contributed by atoms with van der Waals surface area (Å²) in [6.07, 6.45) is 11.3. The van der Waals surface area contributed by atoms with Gasteiger partial charge in [0.15, 0.2) is 0 Å². The maximum absolute atomic E-state index is 10.4. The zero-order chi connectivity index (χ0) is 8.44. The molecule has 2 heteroatoms. The summed E-state index contributed by atoms with van der Waals surface area (Å²) in [5.74, 6) is 0.651. The minimum absolute atomic E-state index is 0. The van der Waals surface area contributed by atoms with Gasteiger partial charge in [0.25, 0.3) is 0 Å². The minimum atomic E-state index is -0.241. The van der Waals surface area contributed by atoms with Gasteiger partial charge in [-0.25, -0.2) is 0 Å². The van der Waals surface area contributed by atoms with Crippen LogP contribution < -0.4 is 0 Å². The van der Waals surface area contributed by atoms with Crippen LogP contribution in [0, 0.1) is 5.92 Å². The Bertz CT molecular complexity index is 146. The molecular weight excluding hydrogens is 180 g/mol. The van der Waals surface area contributed by atoms with E-state index in [9.17, 15) is 5.11 Å². The van der Waals surface area contributed by atoms with Crippen molar-refractivity contribution in [1.29, 1.82) is 0 Å². The molecule has 2 aliphatic rings. The molecule has 2 aliphatic carbocycles. The maximum Gasteiger partial charge on any atom is 0.0675 e. The lowest BCUT2D eigenvalue weighted by Crippen LogP contribution is -2.38. The van der Waals surface area contributed by atoms with Crippen LogP contribution in [0.15, 0.2) is 0 Å². The molecule has 0 unspecified atom stereocenters. The molecule has 2 fully saturated rings. The smallest absolute Gasteiger partial charge is 0.0675 e. The molecule has 78 valence electrons. The summed E-state index contributed by atoms with van der Waals surface area (Å²) in [7, 11) is 0. The van der Waals surface area contributed by atoms with Crippen molar-refractivity contribution in [3.8, 4) is 0 Å². The number of hydrogen-bond donors (Lipinski definition) is 1. The molecule has 1 nitrogen and oxygen atoms in total. The second-order valence-corrected chi connectivity index (χ2v) is 4.65. The van der Waals surface area contributed by atoms with E-state index in [-0.39, 0.29) is 19.1 Å². The van der Waals surface area contributed by atoms with Gasteiger partial charge in [-0.3, -0.25) is 0 Å². The Balaban J connectivity index is 0.000000845. The van der Waals surface area contributed by atoms with E-state index < -0.39 is 0 Å². The molecule has 0 amide bonds. The lowest BCUT2D eigenvalue weighted by atomic mass is 9.75. The average molecular weight is 202 g/mol. The Morgan fingerprint density at radius 2 is 1.38 bits per heavy atom. The Labute approximate surface area is 88.4 Å². The second kappa shape index (κ2) is 4.70. The fourth-order valence-corrected chi connectivity index (χ4v) is 3.04. The van der Waals surface area contributed by atoms with E-state index in [1.54, 1.807) is 0 Å². The van der Waals surface area contributed by atoms with E-state index in [1.807, 2.05) is 0 Å². The van der Waals surface area contributed by atoms with Gasteiger partial charge in [0.2, 0.25) is 0 Å². The van der Waals surface area contributed by atoms with Gasteiger partial charge in [-0.15, -0.1) is 0 Å². The Morgan fingerprint density at radius 3 is 1.92 bits per heavy atom. The molecule has 2 rings (SSSR count). The highest BCUT2D eigenvalue weighted by Gasteiger charge is 2.38. The van der Waals surface area contributed by atoms with Gasteiger partial charge in [-0.1, -0.05) is 32.1 Å². The van der Waals surface area contributed by atoms with Crippen molar-refractivity contribution in [2.75, 3.05) is 0 Å². The molecule has 1 N–H and O–H groups in total. The van der Waals surface area contributed by atoms with Gasteiger partial charge in [0.1, 0.15) is 0 Å². The lowest BCUT2D eigenvalue weighted by Gasteiger charge is -2.37. The third-order valence-electron chi connectivity index (χ3n) is 3.83. The first-order valence-electron chi connectivity index (χ1n) is 5.54. The summed E-state index contributed by atoms with van der Waals surface area (Å²) >= 11 is 0. The summed E-state index contributed by atoms with van der Waals surface area (Å²) in [6.45, 7) is 0. The van der Waals surface area contributed by atoms with Crippen LogP contribution in [0.5, 0.6) is 0 Å². The summed E-state index contributed by atoms with van der Waals surface area (Å²) in [6, 6.07) is 0. The van der Waals surface area contributed by atoms with Gasteiger partial charge < -0.3 is 5.11 Å². The first-order chi connectivity index (χ1) is 5.81. The van der Waals surface area contributed by atoms with E-state index in [0.717, 1.165) is 12.8 Å². The van der Waals surface area contributed by atoms with Gasteiger partial charge >= 0.3 is 0 Å². The molecule has 0 spiro atoms. The van der Waals surface area contributed by atoms with Gasteiger partial charge in [-0.2, -0.15) is 13.5 Å². The first kappa shape index (κ1) is 11.4. The van der Waals surface area contributed by atoms with Gasteiger partial charge in [0.05, 0.1) is 5.60 Å². The van der Waals surface area contributed by atoms with E-state index in [0.29, 0.717) is 5.92 Å². The SMILES string of the molecule is OC1(C2CCCC2)CCCCC1.S. The van der Waals surface area contributed by atoms with Crippen molar-refractivity contribution in [3.05, 3.63) is 0 Å². The highest BCUT2D eigenvalue weighted by molar-refractivity contribution is 7.59. The molecule has 0 bridgehead atoms. The first-order valence-corrected chi connectivity index (χ1v) is 5.54. The predicted molar refractivity (Wildman–Crippen MR) is 60.4 cm³/mol. The number of rotatable bonds is 1. The Hall–Kier alpha value is 0.310. The van der Waals surface area contributed by atoms with Gasteiger partial charge in [-0.05, 0) is 31.6 Å². The van der Waals surface area contributed by atoms with Crippen LogP contribution >= 0.6 is 13.5 Å². The largest absolute Gasteiger partial charge is 0.390 e. The zero-order valence-electron chi connectivity index (χ0n) is 8.39. The average Bonchev–Trinajstić information content (AvgIpc) is 2.58. The van der Waals surface area contributed by atoms with Crippen molar-refractivity contribution in [1.82, 2.24) is 0 Å². The molecule has 0 aromatic heterocycles. The summed E-state index contributed by atoms with van der Waals surface area (Å²) in [5, 5.41) is 10.4. The molecule has 0 radical (unpaired) electrons. The monoisotopic (exact) mass is 202 g/mol. The lowest BCUT2D eigenvalue weighted by molar-refractivity contribution is -0.0469. The third-order valence-corrected chi connectivity index (χ3v) is 3.83. The summed E-state index contributed by atoms with van der Waals surface area (Å²) < 4.78 is 0. The van der Waals surface area contributed by atoms with Crippen molar-refractivity contribution < 1.29 is 5.11 Å². The third kappa shape index (κ3) is 2.41. The van der Waals surface area contributed by atoms with E-state index >= 15 is 0 Å². The number of hydrogen-bond acceptors (Lipinski definition) is 1. The molecule has 0 heterocycles. The quantitative estimate of drug-likeness (QED) is 0.693. The van der Waals surface area contributed by atoms with Crippen LogP contribution in [0.3, 0.4) is 0 Å².